The fourth-order valence-corrected chi connectivity index (χ4v) is 3.27. The topological polar surface area (TPSA) is 75.3 Å². The maximum atomic E-state index is 5.55. The zero-order chi connectivity index (χ0) is 18.2. The predicted molar refractivity (Wildman–Crippen MR) is 105 cm³/mol. The van der Waals surface area contributed by atoms with Gasteiger partial charge in [0, 0.05) is 36.7 Å². The third-order valence-electron chi connectivity index (χ3n) is 3.81. The van der Waals surface area contributed by atoms with Crippen LogP contribution in [0.4, 0.5) is 0 Å². The van der Waals surface area contributed by atoms with Crippen molar-refractivity contribution in [2.45, 2.75) is 26.3 Å². The Morgan fingerprint density at radius 3 is 2.81 bits per heavy atom. The minimum absolute atomic E-state index is 0.549. The van der Waals surface area contributed by atoms with Crippen LogP contribution in [0.2, 0.25) is 0 Å². The molecule has 6 nitrogen and oxygen atoms in total. The van der Waals surface area contributed by atoms with Crippen molar-refractivity contribution in [2.24, 2.45) is 4.99 Å². The van der Waals surface area contributed by atoms with E-state index in [2.05, 4.69) is 32.5 Å². The van der Waals surface area contributed by atoms with Crippen molar-refractivity contribution in [3.8, 4) is 11.5 Å². The van der Waals surface area contributed by atoms with Gasteiger partial charge in [-0.3, -0.25) is 4.99 Å². The number of rotatable bonds is 7. The van der Waals surface area contributed by atoms with Gasteiger partial charge in [0.1, 0.15) is 6.26 Å². The number of nitrogens with one attached hydrogen (secondary N) is 2. The predicted octanol–water partition coefficient (Wildman–Crippen LogP) is 3.27. The summed E-state index contributed by atoms with van der Waals surface area (Å²) >= 11 is 1.77. The highest BCUT2D eigenvalue weighted by atomic mass is 32.1. The average molecular weight is 369 g/mol. The van der Waals surface area contributed by atoms with E-state index < -0.39 is 0 Å². The monoisotopic (exact) mass is 369 g/mol. The standard InChI is InChI=1S/C19H23N5OS/c1-3-16-12-22-17(26-16)9-10-21-19(20-2)23-11-15-13-25-18(24-15)14-7-5-4-6-8-14/h4-8,12-13H,3,9-11H2,1-2H3,(H2,20,21,23). The van der Waals surface area contributed by atoms with Gasteiger partial charge in [-0.1, -0.05) is 25.1 Å². The SMILES string of the molecule is CCc1cnc(CCNC(=NC)NCc2coc(-c3ccccc3)n2)s1. The second-order valence-electron chi connectivity index (χ2n) is 5.69. The molecule has 0 aliphatic heterocycles. The molecule has 7 heteroatoms. The van der Waals surface area contributed by atoms with E-state index in [9.17, 15) is 0 Å². The number of hydrogen-bond donors (Lipinski definition) is 2. The molecular weight excluding hydrogens is 346 g/mol. The molecular formula is C19H23N5OS. The second kappa shape index (κ2) is 9.15. The first-order chi connectivity index (χ1) is 12.8. The van der Waals surface area contributed by atoms with Crippen molar-refractivity contribution in [3.05, 3.63) is 58.4 Å². The van der Waals surface area contributed by atoms with Gasteiger partial charge in [0.2, 0.25) is 5.89 Å². The summed E-state index contributed by atoms with van der Waals surface area (Å²) in [7, 11) is 1.76. The van der Waals surface area contributed by atoms with Crippen LogP contribution < -0.4 is 10.6 Å². The lowest BCUT2D eigenvalue weighted by Gasteiger charge is -2.09. The summed E-state index contributed by atoms with van der Waals surface area (Å²) in [5.74, 6) is 1.36. The number of benzene rings is 1. The Bertz CT molecular complexity index is 841. The van der Waals surface area contributed by atoms with Crippen molar-refractivity contribution >= 4 is 17.3 Å². The quantitative estimate of drug-likeness (QED) is 0.494. The molecule has 26 heavy (non-hydrogen) atoms. The molecule has 0 bridgehead atoms. The summed E-state index contributed by atoms with van der Waals surface area (Å²) in [5, 5.41) is 7.70. The minimum atomic E-state index is 0.549. The fraction of sp³-hybridized carbons (Fsp3) is 0.316. The van der Waals surface area contributed by atoms with Crippen LogP contribution in [0.25, 0.3) is 11.5 Å². The van der Waals surface area contributed by atoms with Crippen LogP contribution in [0.15, 0.2) is 52.2 Å². The van der Waals surface area contributed by atoms with Gasteiger partial charge < -0.3 is 15.1 Å². The summed E-state index contributed by atoms with van der Waals surface area (Å²) < 4.78 is 5.55. The lowest BCUT2D eigenvalue weighted by molar-refractivity contribution is 0.572. The fourth-order valence-electron chi connectivity index (χ4n) is 2.41. The molecule has 2 aromatic heterocycles. The van der Waals surface area contributed by atoms with Crippen LogP contribution in [-0.4, -0.2) is 29.5 Å². The Balaban J connectivity index is 1.46. The normalized spacial score (nSPS) is 11.5. The van der Waals surface area contributed by atoms with Crippen molar-refractivity contribution in [3.63, 3.8) is 0 Å². The molecule has 0 aliphatic carbocycles. The number of oxazole rings is 1. The summed E-state index contributed by atoms with van der Waals surface area (Å²) in [6, 6.07) is 9.86. The maximum absolute atomic E-state index is 5.55. The van der Waals surface area contributed by atoms with Gasteiger partial charge in [-0.2, -0.15) is 0 Å². The van der Waals surface area contributed by atoms with Crippen LogP contribution in [0.1, 0.15) is 22.5 Å². The molecule has 2 heterocycles. The van der Waals surface area contributed by atoms with E-state index in [1.54, 1.807) is 24.6 Å². The van der Waals surface area contributed by atoms with E-state index in [-0.39, 0.29) is 0 Å². The highest BCUT2D eigenvalue weighted by molar-refractivity contribution is 7.11. The van der Waals surface area contributed by atoms with E-state index in [0.29, 0.717) is 12.4 Å². The number of nitrogens with zero attached hydrogens (tertiary/aromatic N) is 3. The molecule has 3 rings (SSSR count). The summed E-state index contributed by atoms with van der Waals surface area (Å²) in [6.45, 7) is 3.48. The number of aromatic nitrogens is 2. The average Bonchev–Trinajstić information content (AvgIpc) is 3.34. The molecule has 0 fully saturated rings. The molecule has 136 valence electrons. The van der Waals surface area contributed by atoms with Gasteiger partial charge >= 0.3 is 0 Å². The summed E-state index contributed by atoms with van der Waals surface area (Å²) in [5.41, 5.74) is 1.80. The number of aryl methyl sites for hydroxylation is 1. The number of thiazole rings is 1. The first-order valence-corrected chi connectivity index (χ1v) is 9.48. The lowest BCUT2D eigenvalue weighted by atomic mass is 10.2. The number of aliphatic imine (C=N–C) groups is 1. The highest BCUT2D eigenvalue weighted by Crippen LogP contribution is 2.17. The number of guanidine groups is 1. The van der Waals surface area contributed by atoms with E-state index in [4.69, 9.17) is 4.42 Å². The molecule has 0 spiro atoms. The zero-order valence-corrected chi connectivity index (χ0v) is 15.8. The van der Waals surface area contributed by atoms with Gasteiger partial charge in [-0.25, -0.2) is 9.97 Å². The Morgan fingerprint density at radius 2 is 2.08 bits per heavy atom. The van der Waals surface area contributed by atoms with Crippen molar-refractivity contribution in [1.29, 1.82) is 0 Å². The maximum Gasteiger partial charge on any atom is 0.226 e. The van der Waals surface area contributed by atoms with Crippen molar-refractivity contribution in [1.82, 2.24) is 20.6 Å². The third kappa shape index (κ3) is 4.92. The lowest BCUT2D eigenvalue weighted by Crippen LogP contribution is -2.37. The summed E-state index contributed by atoms with van der Waals surface area (Å²) in [6.07, 6.45) is 5.55. The van der Waals surface area contributed by atoms with E-state index in [1.807, 2.05) is 36.5 Å². The molecule has 0 aliphatic rings. The van der Waals surface area contributed by atoms with Crippen molar-refractivity contribution < 1.29 is 4.42 Å². The van der Waals surface area contributed by atoms with Gasteiger partial charge in [-0.15, -0.1) is 11.3 Å². The van der Waals surface area contributed by atoms with Gasteiger partial charge in [0.25, 0.3) is 0 Å². The van der Waals surface area contributed by atoms with Crippen LogP contribution in [0.3, 0.4) is 0 Å². The largest absolute Gasteiger partial charge is 0.444 e. The Hall–Kier alpha value is -2.67. The molecule has 0 saturated heterocycles. The van der Waals surface area contributed by atoms with Crippen LogP contribution in [0.5, 0.6) is 0 Å². The molecule has 0 amide bonds. The molecule has 0 atom stereocenters. The molecule has 2 N–H and O–H groups in total. The van der Waals surface area contributed by atoms with Crippen LogP contribution in [-0.2, 0) is 19.4 Å². The van der Waals surface area contributed by atoms with Crippen LogP contribution in [0, 0.1) is 0 Å². The van der Waals surface area contributed by atoms with Crippen molar-refractivity contribution in [2.75, 3.05) is 13.6 Å². The first kappa shape index (κ1) is 18.1. The zero-order valence-electron chi connectivity index (χ0n) is 15.0. The smallest absolute Gasteiger partial charge is 0.226 e. The molecule has 0 unspecified atom stereocenters. The first-order valence-electron chi connectivity index (χ1n) is 8.66. The third-order valence-corrected chi connectivity index (χ3v) is 5.02. The van der Waals surface area contributed by atoms with Gasteiger partial charge in [0.05, 0.1) is 17.2 Å². The second-order valence-corrected chi connectivity index (χ2v) is 6.89. The Labute approximate surface area is 157 Å². The Kier molecular flexibility index (Phi) is 6.38. The van der Waals surface area contributed by atoms with Gasteiger partial charge in [-0.05, 0) is 18.6 Å². The number of hydrogen-bond acceptors (Lipinski definition) is 5. The van der Waals surface area contributed by atoms with E-state index >= 15 is 0 Å². The van der Waals surface area contributed by atoms with E-state index in [0.717, 1.165) is 41.6 Å². The molecule has 1 aromatic carbocycles. The van der Waals surface area contributed by atoms with Crippen LogP contribution >= 0.6 is 11.3 Å². The molecule has 3 aromatic rings. The summed E-state index contributed by atoms with van der Waals surface area (Å²) in [4.78, 5) is 14.5. The molecule has 0 radical (unpaired) electrons. The van der Waals surface area contributed by atoms with E-state index in [1.165, 1.54) is 4.88 Å². The minimum Gasteiger partial charge on any atom is -0.444 e. The Morgan fingerprint density at radius 1 is 1.23 bits per heavy atom. The van der Waals surface area contributed by atoms with Gasteiger partial charge in [0.15, 0.2) is 5.96 Å². The highest BCUT2D eigenvalue weighted by Gasteiger charge is 2.07. The molecule has 0 saturated carbocycles.